The van der Waals surface area contributed by atoms with Crippen LogP contribution in [0.1, 0.15) is 0 Å². The van der Waals surface area contributed by atoms with Crippen molar-refractivity contribution in [2.24, 2.45) is 0 Å². The van der Waals surface area contributed by atoms with Gasteiger partial charge in [0, 0.05) is 14.1 Å². The normalized spacial score (nSPS) is 11.2. The van der Waals surface area contributed by atoms with Gasteiger partial charge in [0.05, 0.1) is 11.9 Å². The van der Waals surface area contributed by atoms with Crippen LogP contribution in [0.15, 0.2) is 40.1 Å². The fourth-order valence-electron chi connectivity index (χ4n) is 1.33. The standard InChI is InChI=1S/C11H13N3O2S2/c1-14(2)10-6-5-9(8-12-10)13-18(15,16)11-4-3-7-17-11/h3-8,13H,1-2H3. The van der Waals surface area contributed by atoms with Crippen LogP contribution in [-0.2, 0) is 10.0 Å². The number of aromatic nitrogens is 1. The molecule has 0 saturated carbocycles. The van der Waals surface area contributed by atoms with Gasteiger partial charge in [0.2, 0.25) is 0 Å². The molecule has 2 aromatic rings. The minimum Gasteiger partial charge on any atom is -0.363 e. The molecule has 0 radical (unpaired) electrons. The lowest BCUT2D eigenvalue weighted by molar-refractivity contribution is 0.603. The molecule has 0 spiro atoms. The van der Waals surface area contributed by atoms with Gasteiger partial charge >= 0.3 is 0 Å². The Morgan fingerprint density at radius 2 is 2.06 bits per heavy atom. The second-order valence-electron chi connectivity index (χ2n) is 3.84. The number of pyridine rings is 1. The van der Waals surface area contributed by atoms with Gasteiger partial charge in [-0.1, -0.05) is 6.07 Å². The Bertz CT molecular complexity index is 604. The van der Waals surface area contributed by atoms with E-state index in [0.29, 0.717) is 9.90 Å². The fraction of sp³-hybridized carbons (Fsp3) is 0.182. The van der Waals surface area contributed by atoms with Crippen molar-refractivity contribution in [3.8, 4) is 0 Å². The lowest BCUT2D eigenvalue weighted by Crippen LogP contribution is -2.13. The fourth-order valence-corrected chi connectivity index (χ4v) is 3.37. The van der Waals surface area contributed by atoms with Crippen molar-refractivity contribution in [1.29, 1.82) is 0 Å². The molecule has 7 heteroatoms. The number of nitrogens with one attached hydrogen (secondary N) is 1. The van der Waals surface area contributed by atoms with Gasteiger partial charge in [-0.25, -0.2) is 13.4 Å². The van der Waals surface area contributed by atoms with E-state index in [1.807, 2.05) is 19.0 Å². The molecule has 0 saturated heterocycles. The first-order chi connectivity index (χ1) is 8.49. The molecule has 2 aromatic heterocycles. The van der Waals surface area contributed by atoms with Crippen LogP contribution in [0.4, 0.5) is 11.5 Å². The quantitative estimate of drug-likeness (QED) is 0.932. The number of rotatable bonds is 4. The Morgan fingerprint density at radius 1 is 1.28 bits per heavy atom. The number of sulfonamides is 1. The van der Waals surface area contributed by atoms with Gasteiger partial charge in [-0.05, 0) is 23.6 Å². The maximum Gasteiger partial charge on any atom is 0.271 e. The zero-order valence-electron chi connectivity index (χ0n) is 9.99. The molecule has 96 valence electrons. The van der Waals surface area contributed by atoms with Gasteiger partial charge in [0.25, 0.3) is 10.0 Å². The molecule has 0 aliphatic heterocycles. The van der Waals surface area contributed by atoms with Crippen molar-refractivity contribution >= 4 is 32.9 Å². The van der Waals surface area contributed by atoms with E-state index in [2.05, 4.69) is 9.71 Å². The Kier molecular flexibility index (Phi) is 3.53. The second kappa shape index (κ2) is 4.95. The summed E-state index contributed by atoms with van der Waals surface area (Å²) in [5, 5.41) is 1.72. The highest BCUT2D eigenvalue weighted by atomic mass is 32.2. The molecule has 18 heavy (non-hydrogen) atoms. The molecule has 2 rings (SSSR count). The molecule has 1 N–H and O–H groups in total. The maximum absolute atomic E-state index is 11.9. The highest BCUT2D eigenvalue weighted by Gasteiger charge is 2.15. The summed E-state index contributed by atoms with van der Waals surface area (Å²) in [6.07, 6.45) is 1.50. The van der Waals surface area contributed by atoms with Crippen LogP contribution in [0.25, 0.3) is 0 Å². The molecule has 0 unspecified atom stereocenters. The Labute approximate surface area is 110 Å². The monoisotopic (exact) mass is 283 g/mol. The average molecular weight is 283 g/mol. The lowest BCUT2D eigenvalue weighted by atomic mass is 10.4. The van der Waals surface area contributed by atoms with Crippen LogP contribution in [-0.4, -0.2) is 27.5 Å². The maximum atomic E-state index is 11.9. The van der Waals surface area contributed by atoms with Crippen LogP contribution in [0.2, 0.25) is 0 Å². The van der Waals surface area contributed by atoms with Crippen molar-refractivity contribution in [2.45, 2.75) is 4.21 Å². The molecule has 5 nitrogen and oxygen atoms in total. The number of thiophene rings is 1. The smallest absolute Gasteiger partial charge is 0.271 e. The first-order valence-corrected chi connectivity index (χ1v) is 7.55. The SMILES string of the molecule is CN(C)c1ccc(NS(=O)(=O)c2cccs2)cn1. The van der Waals surface area contributed by atoms with Crippen molar-refractivity contribution in [2.75, 3.05) is 23.7 Å². The number of nitrogens with zero attached hydrogens (tertiary/aromatic N) is 2. The second-order valence-corrected chi connectivity index (χ2v) is 6.69. The largest absolute Gasteiger partial charge is 0.363 e. The first-order valence-electron chi connectivity index (χ1n) is 5.19. The summed E-state index contributed by atoms with van der Waals surface area (Å²) >= 11 is 1.18. The molecule has 0 aliphatic rings. The van der Waals surface area contributed by atoms with E-state index in [0.717, 1.165) is 5.82 Å². The average Bonchev–Trinajstić information content (AvgIpc) is 2.83. The highest BCUT2D eigenvalue weighted by molar-refractivity contribution is 7.94. The summed E-state index contributed by atoms with van der Waals surface area (Å²) in [6.45, 7) is 0. The minimum absolute atomic E-state index is 0.291. The van der Waals surface area contributed by atoms with E-state index in [-0.39, 0.29) is 0 Å². The van der Waals surface area contributed by atoms with Gasteiger partial charge in [0.1, 0.15) is 10.0 Å². The zero-order chi connectivity index (χ0) is 13.2. The molecule has 0 fully saturated rings. The summed E-state index contributed by atoms with van der Waals surface area (Å²) in [4.78, 5) is 5.99. The van der Waals surface area contributed by atoms with Crippen molar-refractivity contribution in [1.82, 2.24) is 4.98 Å². The summed E-state index contributed by atoms with van der Waals surface area (Å²) in [5.41, 5.74) is 0.453. The first kappa shape index (κ1) is 12.8. The zero-order valence-corrected chi connectivity index (χ0v) is 11.6. The predicted octanol–water partition coefficient (Wildman–Crippen LogP) is 2.01. The van der Waals surface area contributed by atoms with E-state index in [4.69, 9.17) is 0 Å². The minimum atomic E-state index is -3.49. The molecule has 2 heterocycles. The van der Waals surface area contributed by atoms with Crippen LogP contribution in [0.3, 0.4) is 0 Å². The van der Waals surface area contributed by atoms with Crippen LogP contribution in [0, 0.1) is 0 Å². The predicted molar refractivity (Wildman–Crippen MR) is 73.7 cm³/mol. The van der Waals surface area contributed by atoms with Crippen molar-refractivity contribution in [3.63, 3.8) is 0 Å². The Morgan fingerprint density at radius 3 is 2.56 bits per heavy atom. The topological polar surface area (TPSA) is 62.3 Å². The third-order valence-corrected chi connectivity index (χ3v) is 5.00. The molecule has 0 aromatic carbocycles. The van der Waals surface area contributed by atoms with E-state index >= 15 is 0 Å². The van der Waals surface area contributed by atoms with Crippen LogP contribution < -0.4 is 9.62 Å². The van der Waals surface area contributed by atoms with Gasteiger partial charge in [-0.15, -0.1) is 11.3 Å². The molecule has 0 atom stereocenters. The van der Waals surface area contributed by atoms with E-state index in [1.165, 1.54) is 17.5 Å². The number of hydrogen-bond donors (Lipinski definition) is 1. The van der Waals surface area contributed by atoms with Crippen molar-refractivity contribution < 1.29 is 8.42 Å². The number of hydrogen-bond acceptors (Lipinski definition) is 5. The van der Waals surface area contributed by atoms with Gasteiger partial charge in [-0.3, -0.25) is 4.72 Å². The number of anilines is 2. The Hall–Kier alpha value is -1.60. The van der Waals surface area contributed by atoms with Gasteiger partial charge < -0.3 is 4.90 Å². The van der Waals surface area contributed by atoms with Gasteiger partial charge in [-0.2, -0.15) is 0 Å². The van der Waals surface area contributed by atoms with E-state index in [1.54, 1.807) is 29.6 Å². The summed E-state index contributed by atoms with van der Waals surface area (Å²) in [6, 6.07) is 6.71. The Balaban J connectivity index is 2.20. The van der Waals surface area contributed by atoms with Crippen molar-refractivity contribution in [3.05, 3.63) is 35.8 Å². The van der Waals surface area contributed by atoms with Gasteiger partial charge in [0.15, 0.2) is 0 Å². The summed E-state index contributed by atoms with van der Waals surface area (Å²) in [5.74, 6) is 0.772. The molecular formula is C11H13N3O2S2. The molecule has 0 aliphatic carbocycles. The summed E-state index contributed by atoms with van der Waals surface area (Å²) in [7, 11) is 0.258. The molecular weight excluding hydrogens is 270 g/mol. The highest BCUT2D eigenvalue weighted by Crippen LogP contribution is 2.20. The lowest BCUT2D eigenvalue weighted by Gasteiger charge is -2.11. The van der Waals surface area contributed by atoms with E-state index < -0.39 is 10.0 Å². The summed E-state index contributed by atoms with van der Waals surface area (Å²) < 4.78 is 26.7. The molecule has 0 amide bonds. The van der Waals surface area contributed by atoms with E-state index in [9.17, 15) is 8.42 Å². The third-order valence-electron chi connectivity index (χ3n) is 2.22. The third kappa shape index (κ3) is 2.80. The van der Waals surface area contributed by atoms with Crippen LogP contribution >= 0.6 is 11.3 Å². The molecule has 0 bridgehead atoms. The van der Waals surface area contributed by atoms with Crippen LogP contribution in [0.5, 0.6) is 0 Å².